The summed E-state index contributed by atoms with van der Waals surface area (Å²) in [5.41, 5.74) is 12.3. The SMILES string of the molecule is N#CCC(O)C(O)c1ccc(N)c(N)c1. The number of nitrogen functional groups attached to an aromatic ring is 2. The van der Waals surface area contributed by atoms with Gasteiger partial charge in [-0.05, 0) is 17.7 Å². The van der Waals surface area contributed by atoms with Crippen molar-refractivity contribution in [2.24, 2.45) is 0 Å². The van der Waals surface area contributed by atoms with E-state index in [4.69, 9.17) is 16.7 Å². The standard InChI is InChI=1S/C10H13N3O2/c11-4-3-9(14)10(15)6-1-2-7(12)8(13)5-6/h1-2,5,9-10,14-15H,3,12-13H2. The van der Waals surface area contributed by atoms with Crippen LogP contribution >= 0.6 is 0 Å². The van der Waals surface area contributed by atoms with Crippen LogP contribution in [0.15, 0.2) is 18.2 Å². The number of hydrogen-bond donors (Lipinski definition) is 4. The Morgan fingerprint density at radius 3 is 2.47 bits per heavy atom. The van der Waals surface area contributed by atoms with E-state index in [9.17, 15) is 10.2 Å². The molecule has 0 aromatic heterocycles. The van der Waals surface area contributed by atoms with Crippen LogP contribution in [0.3, 0.4) is 0 Å². The maximum Gasteiger partial charge on any atom is 0.106 e. The maximum absolute atomic E-state index is 9.64. The molecule has 5 heteroatoms. The Balaban J connectivity index is 2.87. The molecular weight excluding hydrogens is 194 g/mol. The molecule has 1 rings (SSSR count). The Hall–Kier alpha value is -1.77. The van der Waals surface area contributed by atoms with Gasteiger partial charge in [-0.1, -0.05) is 6.07 Å². The van der Waals surface area contributed by atoms with Crippen LogP contribution in [0, 0.1) is 11.3 Å². The van der Waals surface area contributed by atoms with E-state index in [1.165, 1.54) is 6.07 Å². The first-order valence-electron chi connectivity index (χ1n) is 4.44. The van der Waals surface area contributed by atoms with Crippen molar-refractivity contribution in [1.82, 2.24) is 0 Å². The summed E-state index contributed by atoms with van der Waals surface area (Å²) in [6.07, 6.45) is -2.36. The highest BCUT2D eigenvalue weighted by Gasteiger charge is 2.18. The van der Waals surface area contributed by atoms with E-state index in [0.29, 0.717) is 16.9 Å². The van der Waals surface area contributed by atoms with E-state index < -0.39 is 12.2 Å². The molecule has 0 heterocycles. The summed E-state index contributed by atoms with van der Waals surface area (Å²) in [6, 6.07) is 6.38. The van der Waals surface area contributed by atoms with Gasteiger partial charge in [-0.2, -0.15) is 5.26 Å². The first-order chi connectivity index (χ1) is 7.06. The molecule has 1 aromatic rings. The molecule has 2 unspecified atom stereocenters. The van der Waals surface area contributed by atoms with Gasteiger partial charge in [0.1, 0.15) is 6.10 Å². The predicted molar refractivity (Wildman–Crippen MR) is 56.5 cm³/mol. The lowest BCUT2D eigenvalue weighted by Crippen LogP contribution is -2.17. The van der Waals surface area contributed by atoms with Crippen LogP contribution in [-0.4, -0.2) is 16.3 Å². The van der Waals surface area contributed by atoms with Crippen molar-refractivity contribution in [3.63, 3.8) is 0 Å². The number of nitrogens with two attached hydrogens (primary N) is 2. The Labute approximate surface area is 87.6 Å². The second-order valence-corrected chi connectivity index (χ2v) is 3.26. The fourth-order valence-electron chi connectivity index (χ4n) is 1.20. The third kappa shape index (κ3) is 2.59. The smallest absolute Gasteiger partial charge is 0.106 e. The van der Waals surface area contributed by atoms with Gasteiger partial charge in [-0.25, -0.2) is 0 Å². The number of hydrogen-bond acceptors (Lipinski definition) is 5. The van der Waals surface area contributed by atoms with Crippen LogP contribution in [-0.2, 0) is 0 Å². The van der Waals surface area contributed by atoms with E-state index in [1.807, 2.05) is 0 Å². The summed E-state index contributed by atoms with van der Waals surface area (Å²) in [6.45, 7) is 0. The summed E-state index contributed by atoms with van der Waals surface area (Å²) in [4.78, 5) is 0. The van der Waals surface area contributed by atoms with Crippen molar-refractivity contribution in [1.29, 1.82) is 5.26 Å². The van der Waals surface area contributed by atoms with Gasteiger partial charge >= 0.3 is 0 Å². The summed E-state index contributed by atoms with van der Waals surface area (Å²) < 4.78 is 0. The molecule has 6 N–H and O–H groups in total. The third-order valence-electron chi connectivity index (χ3n) is 2.12. The van der Waals surface area contributed by atoms with E-state index >= 15 is 0 Å². The number of rotatable bonds is 3. The third-order valence-corrected chi connectivity index (χ3v) is 2.12. The van der Waals surface area contributed by atoms with Gasteiger partial charge in [0.2, 0.25) is 0 Å². The summed E-state index contributed by atoms with van der Waals surface area (Å²) in [5.74, 6) is 0. The average molecular weight is 207 g/mol. The molecule has 0 fully saturated rings. The summed E-state index contributed by atoms with van der Waals surface area (Å²) >= 11 is 0. The summed E-state index contributed by atoms with van der Waals surface area (Å²) in [5, 5.41) is 27.4. The van der Waals surface area contributed by atoms with Crippen molar-refractivity contribution in [2.45, 2.75) is 18.6 Å². The topological polar surface area (TPSA) is 116 Å². The molecule has 0 radical (unpaired) electrons. The van der Waals surface area contributed by atoms with Crippen LogP contribution in [0.2, 0.25) is 0 Å². The fraction of sp³-hybridized carbons (Fsp3) is 0.300. The second kappa shape index (κ2) is 4.64. The van der Waals surface area contributed by atoms with E-state index in [2.05, 4.69) is 0 Å². The maximum atomic E-state index is 9.64. The second-order valence-electron chi connectivity index (χ2n) is 3.26. The Kier molecular flexibility index (Phi) is 3.50. The molecule has 0 aliphatic heterocycles. The number of benzene rings is 1. The van der Waals surface area contributed by atoms with Gasteiger partial charge in [0, 0.05) is 0 Å². The molecule has 0 aliphatic rings. The molecule has 0 saturated heterocycles. The summed E-state index contributed by atoms with van der Waals surface area (Å²) in [7, 11) is 0. The zero-order valence-corrected chi connectivity index (χ0v) is 8.09. The Bertz CT molecular complexity index is 387. The highest BCUT2D eigenvalue weighted by atomic mass is 16.3. The minimum atomic E-state index is -1.12. The van der Waals surface area contributed by atoms with Crippen LogP contribution in [0.5, 0.6) is 0 Å². The monoisotopic (exact) mass is 207 g/mol. The highest BCUT2D eigenvalue weighted by Crippen LogP contribution is 2.24. The Morgan fingerprint density at radius 2 is 1.93 bits per heavy atom. The van der Waals surface area contributed by atoms with Crippen molar-refractivity contribution in [2.75, 3.05) is 11.5 Å². The molecule has 0 spiro atoms. The molecule has 5 nitrogen and oxygen atoms in total. The van der Waals surface area contributed by atoms with E-state index in [1.54, 1.807) is 18.2 Å². The fourth-order valence-corrected chi connectivity index (χ4v) is 1.20. The molecule has 80 valence electrons. The van der Waals surface area contributed by atoms with E-state index in [-0.39, 0.29) is 6.42 Å². The van der Waals surface area contributed by atoms with Gasteiger partial charge in [0.05, 0.1) is 30.0 Å². The lowest BCUT2D eigenvalue weighted by atomic mass is 10.0. The van der Waals surface area contributed by atoms with Gasteiger partial charge in [-0.3, -0.25) is 0 Å². The molecule has 0 aliphatic carbocycles. The molecule has 1 aromatic carbocycles. The average Bonchev–Trinajstić information content (AvgIpc) is 2.21. The van der Waals surface area contributed by atoms with Crippen molar-refractivity contribution < 1.29 is 10.2 Å². The van der Waals surface area contributed by atoms with Gasteiger partial charge < -0.3 is 21.7 Å². The number of aliphatic hydroxyl groups excluding tert-OH is 2. The number of anilines is 2. The normalized spacial score (nSPS) is 14.2. The quantitative estimate of drug-likeness (QED) is 0.527. The zero-order valence-electron chi connectivity index (χ0n) is 8.09. The van der Waals surface area contributed by atoms with Crippen molar-refractivity contribution >= 4 is 11.4 Å². The predicted octanol–water partition coefficient (Wildman–Crippen LogP) is 0.159. The first-order valence-corrected chi connectivity index (χ1v) is 4.44. The van der Waals surface area contributed by atoms with Crippen LogP contribution < -0.4 is 11.5 Å². The van der Waals surface area contributed by atoms with Crippen LogP contribution in [0.4, 0.5) is 11.4 Å². The highest BCUT2D eigenvalue weighted by molar-refractivity contribution is 5.64. The number of nitrogens with zero attached hydrogens (tertiary/aromatic N) is 1. The zero-order chi connectivity index (χ0) is 11.4. The van der Waals surface area contributed by atoms with Gasteiger partial charge in [0.25, 0.3) is 0 Å². The lowest BCUT2D eigenvalue weighted by molar-refractivity contribution is 0.0217. The molecule has 0 amide bonds. The molecule has 0 saturated carbocycles. The minimum absolute atomic E-state index is 0.133. The largest absolute Gasteiger partial charge is 0.397 e. The minimum Gasteiger partial charge on any atom is -0.397 e. The Morgan fingerprint density at radius 1 is 1.27 bits per heavy atom. The lowest BCUT2D eigenvalue weighted by Gasteiger charge is -2.16. The number of aliphatic hydroxyl groups is 2. The molecule has 15 heavy (non-hydrogen) atoms. The van der Waals surface area contributed by atoms with Crippen LogP contribution in [0.1, 0.15) is 18.1 Å². The van der Waals surface area contributed by atoms with Gasteiger partial charge in [-0.15, -0.1) is 0 Å². The van der Waals surface area contributed by atoms with Crippen LogP contribution in [0.25, 0.3) is 0 Å². The molecular formula is C10H13N3O2. The number of nitriles is 1. The van der Waals surface area contributed by atoms with Crippen molar-refractivity contribution in [3.8, 4) is 6.07 Å². The van der Waals surface area contributed by atoms with Crippen molar-refractivity contribution in [3.05, 3.63) is 23.8 Å². The first kappa shape index (κ1) is 11.3. The van der Waals surface area contributed by atoms with Gasteiger partial charge in [0.15, 0.2) is 0 Å². The molecule has 2 atom stereocenters. The molecule has 0 bridgehead atoms. The van der Waals surface area contributed by atoms with E-state index in [0.717, 1.165) is 0 Å².